The van der Waals surface area contributed by atoms with Crippen LogP contribution in [0.4, 0.5) is 4.79 Å². The maximum absolute atomic E-state index is 11.7. The van der Waals surface area contributed by atoms with Crippen LogP contribution in [0.3, 0.4) is 0 Å². The molecule has 1 aliphatic heterocycles. The Morgan fingerprint density at radius 1 is 1.39 bits per heavy atom. The van der Waals surface area contributed by atoms with Crippen LogP contribution in [0.2, 0.25) is 0 Å². The molecule has 5 nitrogen and oxygen atoms in total. The minimum atomic E-state index is -0.487. The molecule has 0 radical (unpaired) electrons. The summed E-state index contributed by atoms with van der Waals surface area (Å²) in [6.45, 7) is 2.84. The second kappa shape index (κ2) is 6.29. The molecule has 0 N–H and O–H groups in total. The minimum Gasteiger partial charge on any atom is -0.449 e. The lowest BCUT2D eigenvalue weighted by molar-refractivity contribution is -0.152. The molecule has 1 fully saturated rings. The minimum absolute atomic E-state index is 0.0150. The van der Waals surface area contributed by atoms with Crippen molar-refractivity contribution in [2.24, 2.45) is 5.92 Å². The van der Waals surface area contributed by atoms with E-state index < -0.39 is 6.10 Å². The molecule has 1 rings (SSSR count). The maximum atomic E-state index is 11.7. The molecule has 0 aromatic carbocycles. The van der Waals surface area contributed by atoms with Crippen molar-refractivity contribution in [3.05, 3.63) is 0 Å². The SMILES string of the molecule is C#C[C@@H](C)OC(=O)C1CCN(C(=O)N(C)C)CC1. The van der Waals surface area contributed by atoms with Gasteiger partial charge < -0.3 is 14.5 Å². The van der Waals surface area contributed by atoms with Crippen molar-refractivity contribution in [1.82, 2.24) is 9.80 Å². The van der Waals surface area contributed by atoms with Crippen LogP contribution >= 0.6 is 0 Å². The quantitative estimate of drug-likeness (QED) is 0.543. The molecule has 1 saturated heterocycles. The fraction of sp³-hybridized carbons (Fsp3) is 0.692. The van der Waals surface area contributed by atoms with Crippen LogP contribution in [0.5, 0.6) is 0 Å². The summed E-state index contributed by atoms with van der Waals surface area (Å²) in [5.41, 5.74) is 0. The average molecular weight is 252 g/mol. The van der Waals surface area contributed by atoms with Crippen LogP contribution in [-0.2, 0) is 9.53 Å². The fourth-order valence-electron chi connectivity index (χ4n) is 1.89. The molecule has 0 unspecified atom stereocenters. The van der Waals surface area contributed by atoms with E-state index in [1.165, 1.54) is 0 Å². The van der Waals surface area contributed by atoms with Crippen molar-refractivity contribution < 1.29 is 14.3 Å². The highest BCUT2D eigenvalue weighted by molar-refractivity contribution is 5.76. The Morgan fingerprint density at radius 2 is 1.94 bits per heavy atom. The zero-order valence-corrected chi connectivity index (χ0v) is 11.2. The van der Waals surface area contributed by atoms with E-state index in [4.69, 9.17) is 11.2 Å². The average Bonchev–Trinajstić information content (AvgIpc) is 2.37. The number of carbonyl (C=O) groups is 2. The number of ether oxygens (including phenoxy) is 1. The highest BCUT2D eigenvalue weighted by Crippen LogP contribution is 2.19. The topological polar surface area (TPSA) is 49.9 Å². The van der Waals surface area contributed by atoms with Crippen LogP contribution in [0.1, 0.15) is 19.8 Å². The summed E-state index contributed by atoms with van der Waals surface area (Å²) < 4.78 is 5.09. The van der Waals surface area contributed by atoms with Gasteiger partial charge in [0.15, 0.2) is 6.10 Å². The second-order valence-electron chi connectivity index (χ2n) is 4.68. The number of hydrogen-bond acceptors (Lipinski definition) is 3. The Hall–Kier alpha value is -1.70. The lowest BCUT2D eigenvalue weighted by atomic mass is 9.97. The third-order valence-corrected chi connectivity index (χ3v) is 3.01. The van der Waals surface area contributed by atoms with E-state index in [2.05, 4.69) is 5.92 Å². The Labute approximate surface area is 108 Å². The third-order valence-electron chi connectivity index (χ3n) is 3.01. The molecule has 1 atom stereocenters. The van der Waals surface area contributed by atoms with E-state index >= 15 is 0 Å². The third kappa shape index (κ3) is 3.66. The van der Waals surface area contributed by atoms with Crippen molar-refractivity contribution in [1.29, 1.82) is 0 Å². The fourth-order valence-corrected chi connectivity index (χ4v) is 1.89. The number of likely N-dealkylation sites (tertiary alicyclic amines) is 1. The van der Waals surface area contributed by atoms with E-state index in [0.29, 0.717) is 25.9 Å². The van der Waals surface area contributed by atoms with E-state index in [-0.39, 0.29) is 17.9 Å². The number of piperidine rings is 1. The molecule has 0 bridgehead atoms. The van der Waals surface area contributed by atoms with E-state index in [1.54, 1.807) is 30.8 Å². The molecule has 2 amide bonds. The predicted molar refractivity (Wildman–Crippen MR) is 67.8 cm³/mol. The van der Waals surface area contributed by atoms with Crippen LogP contribution in [0, 0.1) is 18.3 Å². The van der Waals surface area contributed by atoms with Gasteiger partial charge in [0.1, 0.15) is 0 Å². The molecule has 0 aliphatic carbocycles. The van der Waals surface area contributed by atoms with Gasteiger partial charge in [-0.15, -0.1) is 6.42 Å². The predicted octanol–water partition coefficient (Wildman–Crippen LogP) is 0.945. The number of rotatable bonds is 2. The van der Waals surface area contributed by atoms with Gasteiger partial charge in [0.05, 0.1) is 5.92 Å². The summed E-state index contributed by atoms with van der Waals surface area (Å²) in [5.74, 6) is 1.96. The first-order valence-corrected chi connectivity index (χ1v) is 6.08. The Morgan fingerprint density at radius 3 is 2.39 bits per heavy atom. The molecular weight excluding hydrogens is 232 g/mol. The molecule has 100 valence electrons. The lowest BCUT2D eigenvalue weighted by Crippen LogP contribution is -2.45. The number of terminal acetylenes is 1. The number of esters is 1. The molecule has 1 aliphatic rings. The second-order valence-corrected chi connectivity index (χ2v) is 4.68. The largest absolute Gasteiger partial charge is 0.449 e. The van der Waals surface area contributed by atoms with Gasteiger partial charge in [-0.3, -0.25) is 4.79 Å². The van der Waals surface area contributed by atoms with Gasteiger partial charge >= 0.3 is 12.0 Å². The van der Waals surface area contributed by atoms with Gasteiger partial charge in [-0.25, -0.2) is 4.79 Å². The van der Waals surface area contributed by atoms with Crippen LogP contribution in [0.15, 0.2) is 0 Å². The van der Waals surface area contributed by atoms with Crippen LogP contribution in [0.25, 0.3) is 0 Å². The molecule has 18 heavy (non-hydrogen) atoms. The zero-order chi connectivity index (χ0) is 13.7. The Kier molecular flexibility index (Phi) is 5.02. The highest BCUT2D eigenvalue weighted by Gasteiger charge is 2.29. The van der Waals surface area contributed by atoms with Crippen molar-refractivity contribution in [2.75, 3.05) is 27.2 Å². The lowest BCUT2D eigenvalue weighted by Gasteiger charge is -2.32. The standard InChI is InChI=1S/C13H20N2O3/c1-5-10(2)18-12(16)11-6-8-15(9-7-11)13(17)14(3)4/h1,10-11H,6-9H2,2-4H3/t10-/m1/s1. The summed E-state index contributed by atoms with van der Waals surface area (Å²) in [6.07, 6.45) is 5.94. The van der Waals surface area contributed by atoms with Gasteiger partial charge in [0.2, 0.25) is 0 Å². The van der Waals surface area contributed by atoms with E-state index in [1.807, 2.05) is 0 Å². The van der Waals surface area contributed by atoms with Gasteiger partial charge in [-0.2, -0.15) is 0 Å². The summed E-state index contributed by atoms with van der Waals surface area (Å²) in [5, 5.41) is 0. The Balaban J connectivity index is 2.42. The Bertz CT molecular complexity index is 352. The number of urea groups is 1. The molecular formula is C13H20N2O3. The van der Waals surface area contributed by atoms with Crippen LogP contribution < -0.4 is 0 Å². The number of carbonyl (C=O) groups excluding carboxylic acids is 2. The van der Waals surface area contributed by atoms with E-state index in [0.717, 1.165) is 0 Å². The van der Waals surface area contributed by atoms with Crippen molar-refractivity contribution in [3.8, 4) is 12.3 Å². The summed E-state index contributed by atoms with van der Waals surface area (Å²) in [4.78, 5) is 26.7. The molecule has 1 heterocycles. The van der Waals surface area contributed by atoms with Crippen molar-refractivity contribution in [2.45, 2.75) is 25.9 Å². The zero-order valence-electron chi connectivity index (χ0n) is 11.2. The molecule has 0 aromatic rings. The van der Waals surface area contributed by atoms with Gasteiger partial charge in [0, 0.05) is 27.2 Å². The van der Waals surface area contributed by atoms with Gasteiger partial charge in [-0.05, 0) is 19.8 Å². The molecule has 0 saturated carbocycles. The molecule has 0 aromatic heterocycles. The van der Waals surface area contributed by atoms with E-state index in [9.17, 15) is 9.59 Å². The normalized spacial score (nSPS) is 17.8. The number of amides is 2. The summed E-state index contributed by atoms with van der Waals surface area (Å²) in [6, 6.07) is -0.0150. The van der Waals surface area contributed by atoms with Crippen molar-refractivity contribution in [3.63, 3.8) is 0 Å². The first kappa shape index (κ1) is 14.4. The van der Waals surface area contributed by atoms with Gasteiger partial charge in [0.25, 0.3) is 0 Å². The summed E-state index contributed by atoms with van der Waals surface area (Å²) in [7, 11) is 3.44. The van der Waals surface area contributed by atoms with Gasteiger partial charge in [-0.1, -0.05) is 5.92 Å². The monoisotopic (exact) mass is 252 g/mol. The number of nitrogens with zero attached hydrogens (tertiary/aromatic N) is 2. The molecule has 0 spiro atoms. The van der Waals surface area contributed by atoms with Crippen LogP contribution in [-0.4, -0.2) is 55.1 Å². The smallest absolute Gasteiger partial charge is 0.319 e. The highest BCUT2D eigenvalue weighted by atomic mass is 16.5. The number of hydrogen-bond donors (Lipinski definition) is 0. The first-order chi connectivity index (χ1) is 8.45. The first-order valence-electron chi connectivity index (χ1n) is 6.08. The summed E-state index contributed by atoms with van der Waals surface area (Å²) >= 11 is 0. The van der Waals surface area contributed by atoms with Crippen molar-refractivity contribution >= 4 is 12.0 Å². The molecule has 5 heteroatoms. The maximum Gasteiger partial charge on any atom is 0.319 e.